The predicted molar refractivity (Wildman–Crippen MR) is 106 cm³/mol. The number of rotatable bonds is 2. The van der Waals surface area contributed by atoms with Gasteiger partial charge in [0.25, 0.3) is 0 Å². The summed E-state index contributed by atoms with van der Waals surface area (Å²) in [5.74, 6) is 0. The number of hydrogen-bond acceptors (Lipinski definition) is 2. The second-order valence-corrected chi connectivity index (χ2v) is 5.89. The molecule has 3 heteroatoms. The first-order valence-corrected chi connectivity index (χ1v) is 8.53. The van der Waals surface area contributed by atoms with Crippen molar-refractivity contribution in [2.75, 3.05) is 0 Å². The third-order valence-electron chi connectivity index (χ3n) is 3.95. The summed E-state index contributed by atoms with van der Waals surface area (Å²) in [6.45, 7) is 4.12. The summed E-state index contributed by atoms with van der Waals surface area (Å²) in [6, 6.07) is 30.1. The molecular formula is C24H20IrN2-2. The molecule has 137 valence electrons. The minimum Gasteiger partial charge on any atom is -0.304 e. The zero-order valence-corrected chi connectivity index (χ0v) is 17.7. The largest absolute Gasteiger partial charge is 0.304 e. The Morgan fingerprint density at radius 3 is 1.37 bits per heavy atom. The molecule has 0 spiro atoms. The number of hydrogen-bond donors (Lipinski definition) is 0. The molecule has 2 nitrogen and oxygen atoms in total. The molecule has 0 atom stereocenters. The molecule has 0 fully saturated rings. The Morgan fingerprint density at radius 1 is 0.593 bits per heavy atom. The summed E-state index contributed by atoms with van der Waals surface area (Å²) in [5, 5.41) is 0. The van der Waals surface area contributed by atoms with Crippen molar-refractivity contribution in [2.45, 2.75) is 13.8 Å². The average Bonchev–Trinajstić information content (AvgIpc) is 2.71. The summed E-state index contributed by atoms with van der Waals surface area (Å²) in [5.41, 5.74) is 6.52. The normalized spacial score (nSPS) is 9.56. The van der Waals surface area contributed by atoms with Gasteiger partial charge in [-0.15, -0.1) is 71.8 Å². The summed E-state index contributed by atoms with van der Waals surface area (Å²) in [6.07, 6.45) is 3.62. The Hall–Kier alpha value is -2.61. The van der Waals surface area contributed by atoms with E-state index >= 15 is 0 Å². The zero-order valence-electron chi connectivity index (χ0n) is 15.3. The molecule has 0 aliphatic carbocycles. The third-order valence-corrected chi connectivity index (χ3v) is 3.95. The predicted octanol–water partition coefficient (Wildman–Crippen LogP) is 5.71. The van der Waals surface area contributed by atoms with Gasteiger partial charge in [0.15, 0.2) is 0 Å². The van der Waals surface area contributed by atoms with Gasteiger partial charge in [-0.25, -0.2) is 0 Å². The summed E-state index contributed by atoms with van der Waals surface area (Å²) in [4.78, 5) is 8.63. The molecule has 0 aliphatic heterocycles. The van der Waals surface area contributed by atoms with Crippen molar-refractivity contribution in [3.05, 3.63) is 108 Å². The topological polar surface area (TPSA) is 25.8 Å². The third kappa shape index (κ3) is 5.68. The standard InChI is InChI=1S/2C12H10N.Ir/c2*1-10-6-5-9-13-12(10)11-7-3-2-4-8-11;/h2*2-7,9H,1H3;/q2*-1;. The van der Waals surface area contributed by atoms with Crippen LogP contribution in [0.1, 0.15) is 11.1 Å². The Bertz CT molecular complexity index is 873. The van der Waals surface area contributed by atoms with E-state index in [-0.39, 0.29) is 20.1 Å². The van der Waals surface area contributed by atoms with Gasteiger partial charge in [-0.1, -0.05) is 23.3 Å². The van der Waals surface area contributed by atoms with E-state index in [0.717, 1.165) is 22.5 Å². The van der Waals surface area contributed by atoms with Crippen LogP contribution in [0.4, 0.5) is 0 Å². The quantitative estimate of drug-likeness (QED) is 0.312. The Balaban J connectivity index is 0.000000187. The SMILES string of the molecule is Cc1cccnc1-c1[c-]cccc1.Cc1cccnc1-c1[c-]cccc1.[Ir]. The zero-order chi connectivity index (χ0) is 18.2. The minimum absolute atomic E-state index is 0. The molecule has 0 N–H and O–H groups in total. The fourth-order valence-corrected chi connectivity index (χ4v) is 2.62. The van der Waals surface area contributed by atoms with E-state index in [4.69, 9.17) is 0 Å². The van der Waals surface area contributed by atoms with E-state index in [2.05, 4.69) is 48.1 Å². The summed E-state index contributed by atoms with van der Waals surface area (Å²) >= 11 is 0. The van der Waals surface area contributed by atoms with Gasteiger partial charge in [-0.2, -0.15) is 0 Å². The van der Waals surface area contributed by atoms with Gasteiger partial charge in [0.2, 0.25) is 0 Å². The van der Waals surface area contributed by atoms with Gasteiger partial charge in [0.05, 0.1) is 0 Å². The fraction of sp³-hybridized carbons (Fsp3) is 0.0833. The van der Waals surface area contributed by atoms with Crippen LogP contribution in [0.15, 0.2) is 85.2 Å². The first kappa shape index (κ1) is 20.7. The van der Waals surface area contributed by atoms with E-state index in [1.807, 2.05) is 73.1 Å². The molecule has 0 amide bonds. The van der Waals surface area contributed by atoms with Crippen LogP contribution in [0, 0.1) is 26.0 Å². The van der Waals surface area contributed by atoms with Gasteiger partial charge < -0.3 is 9.97 Å². The molecule has 2 heterocycles. The van der Waals surface area contributed by atoms with Crippen LogP contribution in [-0.4, -0.2) is 9.97 Å². The molecule has 0 saturated heterocycles. The van der Waals surface area contributed by atoms with Crippen LogP contribution >= 0.6 is 0 Å². The van der Waals surface area contributed by atoms with Crippen LogP contribution in [0.25, 0.3) is 22.5 Å². The Morgan fingerprint density at radius 2 is 1.04 bits per heavy atom. The Labute approximate surface area is 174 Å². The molecule has 0 saturated carbocycles. The molecule has 4 rings (SSSR count). The van der Waals surface area contributed by atoms with Crippen LogP contribution in [0.2, 0.25) is 0 Å². The van der Waals surface area contributed by atoms with E-state index < -0.39 is 0 Å². The molecular weight excluding hydrogens is 508 g/mol. The summed E-state index contributed by atoms with van der Waals surface area (Å²) in [7, 11) is 0. The first-order valence-electron chi connectivity index (χ1n) is 8.53. The van der Waals surface area contributed by atoms with Crippen LogP contribution in [-0.2, 0) is 20.1 Å². The fourth-order valence-electron chi connectivity index (χ4n) is 2.62. The number of benzene rings is 2. The molecule has 4 aromatic rings. The van der Waals surface area contributed by atoms with Crippen molar-refractivity contribution in [1.82, 2.24) is 9.97 Å². The minimum atomic E-state index is 0. The summed E-state index contributed by atoms with van der Waals surface area (Å²) < 4.78 is 0. The molecule has 2 aromatic heterocycles. The van der Waals surface area contributed by atoms with Gasteiger partial charge in [0.1, 0.15) is 0 Å². The second kappa shape index (κ2) is 10.5. The maximum Gasteiger partial charge on any atom is 0.0160 e. The van der Waals surface area contributed by atoms with Crippen molar-refractivity contribution in [3.63, 3.8) is 0 Å². The van der Waals surface area contributed by atoms with Gasteiger partial charge in [-0.3, -0.25) is 0 Å². The molecule has 0 aliphatic rings. The van der Waals surface area contributed by atoms with E-state index in [1.54, 1.807) is 0 Å². The Kier molecular flexibility index (Phi) is 8.06. The van der Waals surface area contributed by atoms with E-state index in [0.29, 0.717) is 0 Å². The number of nitrogens with zero attached hydrogens (tertiary/aromatic N) is 2. The van der Waals surface area contributed by atoms with Crippen LogP contribution < -0.4 is 0 Å². The number of pyridine rings is 2. The van der Waals surface area contributed by atoms with Crippen LogP contribution in [0.3, 0.4) is 0 Å². The van der Waals surface area contributed by atoms with E-state index in [9.17, 15) is 0 Å². The van der Waals surface area contributed by atoms with Crippen molar-refractivity contribution in [3.8, 4) is 22.5 Å². The maximum atomic E-state index is 4.32. The smallest absolute Gasteiger partial charge is 0.0160 e. The molecule has 0 bridgehead atoms. The van der Waals surface area contributed by atoms with Crippen LogP contribution in [0.5, 0.6) is 0 Å². The molecule has 1 radical (unpaired) electrons. The van der Waals surface area contributed by atoms with Gasteiger partial charge >= 0.3 is 0 Å². The number of aryl methyl sites for hydroxylation is 2. The molecule has 0 unspecified atom stereocenters. The van der Waals surface area contributed by atoms with Gasteiger partial charge in [-0.05, 0) is 37.4 Å². The monoisotopic (exact) mass is 529 g/mol. The van der Waals surface area contributed by atoms with Crippen molar-refractivity contribution < 1.29 is 20.1 Å². The average molecular weight is 529 g/mol. The van der Waals surface area contributed by atoms with E-state index in [1.165, 1.54) is 11.1 Å². The molecule has 27 heavy (non-hydrogen) atoms. The first-order chi connectivity index (χ1) is 12.8. The molecule has 2 aromatic carbocycles. The number of aromatic nitrogens is 2. The van der Waals surface area contributed by atoms with Crippen molar-refractivity contribution in [2.24, 2.45) is 0 Å². The van der Waals surface area contributed by atoms with Crippen molar-refractivity contribution in [1.29, 1.82) is 0 Å². The van der Waals surface area contributed by atoms with Gasteiger partial charge in [0, 0.05) is 32.5 Å². The maximum absolute atomic E-state index is 4.32. The van der Waals surface area contributed by atoms with Crippen molar-refractivity contribution >= 4 is 0 Å². The second-order valence-electron chi connectivity index (χ2n) is 5.89.